The summed E-state index contributed by atoms with van der Waals surface area (Å²) in [4.78, 5) is 12.3. The molecule has 0 radical (unpaired) electrons. The van der Waals surface area contributed by atoms with Gasteiger partial charge in [0.2, 0.25) is 0 Å². The van der Waals surface area contributed by atoms with Gasteiger partial charge in [-0.3, -0.25) is 4.79 Å². The molecule has 4 heteroatoms. The Morgan fingerprint density at radius 1 is 1.14 bits per heavy atom. The van der Waals surface area contributed by atoms with Gasteiger partial charge in [0.15, 0.2) is 0 Å². The van der Waals surface area contributed by atoms with Gasteiger partial charge in [-0.1, -0.05) is 30.3 Å². The minimum atomic E-state index is -0.163. The summed E-state index contributed by atoms with van der Waals surface area (Å²) in [6.07, 6.45) is 2.47. The molecule has 0 spiro atoms. The smallest absolute Gasteiger partial charge is 0.255 e. The predicted molar refractivity (Wildman–Crippen MR) is 85.8 cm³/mol. The van der Waals surface area contributed by atoms with E-state index in [2.05, 4.69) is 5.32 Å². The highest BCUT2D eigenvalue weighted by atomic mass is 16.5. The van der Waals surface area contributed by atoms with Crippen molar-refractivity contribution in [3.8, 4) is 5.75 Å². The molecule has 0 bridgehead atoms. The van der Waals surface area contributed by atoms with Crippen LogP contribution in [-0.2, 0) is 11.2 Å². The van der Waals surface area contributed by atoms with Crippen LogP contribution in [0.1, 0.15) is 11.1 Å². The van der Waals surface area contributed by atoms with E-state index in [0.29, 0.717) is 12.0 Å². The van der Waals surface area contributed by atoms with Gasteiger partial charge in [-0.2, -0.15) is 0 Å². The molecule has 112 valence electrons. The van der Waals surface area contributed by atoms with E-state index in [4.69, 9.17) is 9.84 Å². The van der Waals surface area contributed by atoms with Gasteiger partial charge < -0.3 is 15.2 Å². The zero-order chi connectivity index (χ0) is 15.4. The molecule has 22 heavy (non-hydrogen) atoms. The average Bonchev–Trinajstić information content (AvgIpc) is 2.56. The zero-order valence-electron chi connectivity index (χ0n) is 12.1. The Kier molecular flexibility index (Phi) is 4.21. The second-order valence-corrected chi connectivity index (χ2v) is 5.12. The monoisotopic (exact) mass is 295 g/mol. The fraction of sp³-hybridized carbons (Fsp3) is 0.167. The molecular weight excluding hydrogens is 278 g/mol. The molecule has 1 heterocycles. The number of para-hydroxylation sites is 1. The lowest BCUT2D eigenvalue weighted by molar-refractivity contribution is -0.113. The van der Waals surface area contributed by atoms with Crippen molar-refractivity contribution in [2.75, 3.05) is 18.5 Å². The number of nitrogens with one attached hydrogen (secondary N) is 1. The van der Waals surface area contributed by atoms with E-state index in [-0.39, 0.29) is 19.1 Å². The summed E-state index contributed by atoms with van der Waals surface area (Å²) in [5.41, 5.74) is 3.27. The Bertz CT molecular complexity index is 705. The molecule has 0 saturated carbocycles. The Hall–Kier alpha value is -2.59. The van der Waals surface area contributed by atoms with E-state index >= 15 is 0 Å². The van der Waals surface area contributed by atoms with Crippen molar-refractivity contribution >= 4 is 17.7 Å². The first kappa shape index (κ1) is 14.4. The number of carbonyl (C=O) groups is 1. The van der Waals surface area contributed by atoms with E-state index in [9.17, 15) is 4.79 Å². The number of aliphatic hydroxyl groups is 1. The van der Waals surface area contributed by atoms with Crippen LogP contribution < -0.4 is 10.1 Å². The second-order valence-electron chi connectivity index (χ2n) is 5.12. The number of hydrogen-bond acceptors (Lipinski definition) is 3. The van der Waals surface area contributed by atoms with Crippen molar-refractivity contribution in [2.45, 2.75) is 6.42 Å². The summed E-state index contributed by atoms with van der Waals surface area (Å²) >= 11 is 0. The molecule has 1 aliphatic heterocycles. The maximum Gasteiger partial charge on any atom is 0.255 e. The Morgan fingerprint density at radius 3 is 2.68 bits per heavy atom. The molecule has 0 fully saturated rings. The van der Waals surface area contributed by atoms with Crippen molar-refractivity contribution in [2.24, 2.45) is 0 Å². The third kappa shape index (κ3) is 3.18. The molecule has 0 atom stereocenters. The van der Waals surface area contributed by atoms with Crippen LogP contribution in [0.4, 0.5) is 5.69 Å². The molecule has 0 aliphatic carbocycles. The molecule has 2 aromatic rings. The maximum absolute atomic E-state index is 12.3. The van der Waals surface area contributed by atoms with Crippen LogP contribution in [0, 0.1) is 0 Å². The number of benzene rings is 2. The van der Waals surface area contributed by atoms with Crippen LogP contribution in [0.5, 0.6) is 5.75 Å². The van der Waals surface area contributed by atoms with Gasteiger partial charge >= 0.3 is 0 Å². The van der Waals surface area contributed by atoms with Gasteiger partial charge in [0.1, 0.15) is 12.4 Å². The standard InChI is InChI=1S/C18H17NO3/c20-10-9-13-5-7-16(8-6-13)19-18(21)15-11-14-3-1-2-4-17(14)22-12-15/h1-8,11,20H,9-10,12H2,(H,19,21). The van der Waals surface area contributed by atoms with E-state index in [1.807, 2.05) is 54.6 Å². The molecule has 4 nitrogen and oxygen atoms in total. The Labute approximate surface area is 129 Å². The van der Waals surface area contributed by atoms with Gasteiger partial charge in [-0.05, 0) is 36.3 Å². The molecule has 0 aromatic heterocycles. The van der Waals surface area contributed by atoms with Crippen molar-refractivity contribution in [3.05, 3.63) is 65.2 Å². The topological polar surface area (TPSA) is 58.6 Å². The summed E-state index contributed by atoms with van der Waals surface area (Å²) in [7, 11) is 0. The second kappa shape index (κ2) is 6.45. The third-order valence-electron chi connectivity index (χ3n) is 3.54. The van der Waals surface area contributed by atoms with Crippen molar-refractivity contribution in [1.29, 1.82) is 0 Å². The van der Waals surface area contributed by atoms with Crippen molar-refractivity contribution in [3.63, 3.8) is 0 Å². The molecule has 2 N–H and O–H groups in total. The van der Waals surface area contributed by atoms with Crippen LogP contribution >= 0.6 is 0 Å². The number of anilines is 1. The molecule has 0 saturated heterocycles. The predicted octanol–water partition coefficient (Wildman–Crippen LogP) is 2.64. The Balaban J connectivity index is 1.71. The minimum Gasteiger partial charge on any atom is -0.488 e. The van der Waals surface area contributed by atoms with Crippen LogP contribution in [0.2, 0.25) is 0 Å². The lowest BCUT2D eigenvalue weighted by atomic mass is 10.1. The van der Waals surface area contributed by atoms with E-state index in [1.54, 1.807) is 0 Å². The average molecular weight is 295 g/mol. The van der Waals surface area contributed by atoms with Crippen LogP contribution in [0.3, 0.4) is 0 Å². The van der Waals surface area contributed by atoms with E-state index in [0.717, 1.165) is 22.6 Å². The molecule has 0 unspecified atom stereocenters. The maximum atomic E-state index is 12.3. The SMILES string of the molecule is O=C(Nc1ccc(CCO)cc1)C1=Cc2ccccc2OC1. The van der Waals surface area contributed by atoms with Crippen molar-refractivity contribution in [1.82, 2.24) is 0 Å². The zero-order valence-corrected chi connectivity index (χ0v) is 12.1. The van der Waals surface area contributed by atoms with Gasteiger partial charge in [0, 0.05) is 17.9 Å². The summed E-state index contributed by atoms with van der Waals surface area (Å²) in [6.45, 7) is 0.390. The highest BCUT2D eigenvalue weighted by Crippen LogP contribution is 2.26. The fourth-order valence-electron chi connectivity index (χ4n) is 2.34. The summed E-state index contributed by atoms with van der Waals surface area (Å²) in [6, 6.07) is 15.1. The first-order chi connectivity index (χ1) is 10.8. The van der Waals surface area contributed by atoms with E-state index < -0.39 is 0 Å². The van der Waals surface area contributed by atoms with Gasteiger partial charge in [0.05, 0.1) is 5.57 Å². The summed E-state index contributed by atoms with van der Waals surface area (Å²) in [5.74, 6) is 0.636. The first-order valence-corrected chi connectivity index (χ1v) is 7.20. The molecule has 1 aliphatic rings. The molecular formula is C18H17NO3. The number of carbonyl (C=O) groups excluding carboxylic acids is 1. The molecule has 1 amide bonds. The summed E-state index contributed by atoms with van der Waals surface area (Å²) < 4.78 is 5.59. The highest BCUT2D eigenvalue weighted by Gasteiger charge is 2.16. The van der Waals surface area contributed by atoms with Crippen LogP contribution in [-0.4, -0.2) is 24.2 Å². The lowest BCUT2D eigenvalue weighted by Crippen LogP contribution is -2.21. The van der Waals surface area contributed by atoms with Crippen LogP contribution in [0.15, 0.2) is 54.1 Å². The Morgan fingerprint density at radius 2 is 1.91 bits per heavy atom. The quantitative estimate of drug-likeness (QED) is 0.911. The van der Waals surface area contributed by atoms with Crippen molar-refractivity contribution < 1.29 is 14.6 Å². The van der Waals surface area contributed by atoms with Gasteiger partial charge in [-0.25, -0.2) is 0 Å². The van der Waals surface area contributed by atoms with E-state index in [1.165, 1.54) is 0 Å². The number of hydrogen-bond donors (Lipinski definition) is 2. The number of aliphatic hydroxyl groups excluding tert-OH is 1. The number of rotatable bonds is 4. The molecule has 3 rings (SSSR count). The number of ether oxygens (including phenoxy) is 1. The normalized spacial score (nSPS) is 12.9. The number of fused-ring (bicyclic) bond motifs is 1. The van der Waals surface area contributed by atoms with Gasteiger partial charge in [0.25, 0.3) is 5.91 Å². The summed E-state index contributed by atoms with van der Waals surface area (Å²) in [5, 5.41) is 11.8. The highest BCUT2D eigenvalue weighted by molar-refractivity contribution is 6.07. The first-order valence-electron chi connectivity index (χ1n) is 7.20. The molecule has 2 aromatic carbocycles. The van der Waals surface area contributed by atoms with Gasteiger partial charge in [-0.15, -0.1) is 0 Å². The van der Waals surface area contributed by atoms with Crippen LogP contribution in [0.25, 0.3) is 6.08 Å². The number of amides is 1. The fourth-order valence-corrected chi connectivity index (χ4v) is 2.34. The lowest BCUT2D eigenvalue weighted by Gasteiger charge is -2.17. The largest absolute Gasteiger partial charge is 0.488 e. The third-order valence-corrected chi connectivity index (χ3v) is 3.54. The minimum absolute atomic E-state index is 0.120.